The van der Waals surface area contributed by atoms with E-state index < -0.39 is 0 Å². The first-order valence-electron chi connectivity index (χ1n) is 4.37. The molecule has 0 rings (SSSR count). The van der Waals surface area contributed by atoms with Crippen molar-refractivity contribution in [1.82, 2.24) is 0 Å². The summed E-state index contributed by atoms with van der Waals surface area (Å²) in [4.78, 5) is 9.57. The van der Waals surface area contributed by atoms with E-state index in [1.54, 1.807) is 6.26 Å². The van der Waals surface area contributed by atoms with Gasteiger partial charge in [0.2, 0.25) is 0 Å². The summed E-state index contributed by atoms with van der Waals surface area (Å²) in [6.07, 6.45) is 8.50. The number of hydrogen-bond acceptors (Lipinski definition) is 2. The molecule has 0 radical (unpaired) electrons. The zero-order chi connectivity index (χ0) is 9.23. The summed E-state index contributed by atoms with van der Waals surface area (Å²) in [5.41, 5.74) is 0. The first kappa shape index (κ1) is 11.2. The van der Waals surface area contributed by atoms with Crippen LogP contribution in [0.5, 0.6) is 0 Å². The van der Waals surface area contributed by atoms with Crippen LogP contribution in [-0.4, -0.2) is 6.61 Å². The lowest BCUT2D eigenvalue weighted by Crippen LogP contribution is -1.89. The van der Waals surface area contributed by atoms with Crippen LogP contribution in [-0.2, 0) is 9.78 Å². The molecular weight excluding hydrogens is 152 g/mol. The molecule has 0 aliphatic heterocycles. The first-order valence-corrected chi connectivity index (χ1v) is 4.37. The summed E-state index contributed by atoms with van der Waals surface area (Å²) in [5, 5.41) is 0. The molecule has 2 heteroatoms. The Bertz CT molecular complexity index is 139. The molecule has 1 unspecified atom stereocenters. The normalized spacial score (nSPS) is 14.2. The van der Waals surface area contributed by atoms with E-state index in [0.717, 1.165) is 6.42 Å². The molecule has 0 saturated heterocycles. The van der Waals surface area contributed by atoms with Crippen LogP contribution in [0.1, 0.15) is 27.2 Å². The summed E-state index contributed by atoms with van der Waals surface area (Å²) in [7, 11) is 0. The maximum Gasteiger partial charge on any atom is 0.125 e. The van der Waals surface area contributed by atoms with Crippen LogP contribution in [0, 0.1) is 5.92 Å². The molecule has 0 heterocycles. The highest BCUT2D eigenvalue weighted by Gasteiger charge is 1.89. The minimum absolute atomic E-state index is 0.501. The van der Waals surface area contributed by atoms with Gasteiger partial charge < -0.3 is 4.89 Å². The van der Waals surface area contributed by atoms with Gasteiger partial charge in [0, 0.05) is 0 Å². The number of allylic oxidation sites excluding steroid dienone is 2. The molecular formula is C10H18O2. The van der Waals surface area contributed by atoms with E-state index in [9.17, 15) is 0 Å². The third kappa shape index (κ3) is 7.35. The van der Waals surface area contributed by atoms with E-state index in [2.05, 4.69) is 13.8 Å². The topological polar surface area (TPSA) is 18.5 Å². The van der Waals surface area contributed by atoms with Crippen molar-refractivity contribution in [2.45, 2.75) is 27.2 Å². The fourth-order valence-electron chi connectivity index (χ4n) is 0.516. The summed E-state index contributed by atoms with van der Waals surface area (Å²) < 4.78 is 0. The standard InChI is InChI=1S/C10H18O2/c1-4-6-8-11-12-9-7-10(3)5-2/h4,6-7,9-10H,5,8H2,1-3H3/b6-4+,9-7?. The predicted molar refractivity (Wildman–Crippen MR) is 50.4 cm³/mol. The van der Waals surface area contributed by atoms with Gasteiger partial charge in [-0.2, -0.15) is 4.89 Å². The molecule has 0 aliphatic carbocycles. The first-order chi connectivity index (χ1) is 5.81. The van der Waals surface area contributed by atoms with Gasteiger partial charge in [0.1, 0.15) is 12.9 Å². The molecule has 0 aromatic rings. The van der Waals surface area contributed by atoms with Crippen LogP contribution in [0.4, 0.5) is 0 Å². The minimum Gasteiger partial charge on any atom is -0.346 e. The average molecular weight is 170 g/mol. The summed E-state index contributed by atoms with van der Waals surface area (Å²) in [6, 6.07) is 0. The third-order valence-corrected chi connectivity index (χ3v) is 1.57. The Balaban J connectivity index is 3.24. The second kappa shape index (κ2) is 8.34. The Hall–Kier alpha value is -0.760. The van der Waals surface area contributed by atoms with Crippen molar-refractivity contribution in [3.05, 3.63) is 24.5 Å². The largest absolute Gasteiger partial charge is 0.346 e. The molecule has 2 nitrogen and oxygen atoms in total. The lowest BCUT2D eigenvalue weighted by molar-refractivity contribution is -0.239. The number of rotatable bonds is 6. The Morgan fingerprint density at radius 3 is 2.75 bits per heavy atom. The second-order valence-corrected chi connectivity index (χ2v) is 2.66. The third-order valence-electron chi connectivity index (χ3n) is 1.57. The van der Waals surface area contributed by atoms with Crippen LogP contribution < -0.4 is 0 Å². The molecule has 12 heavy (non-hydrogen) atoms. The van der Waals surface area contributed by atoms with Gasteiger partial charge in [0.25, 0.3) is 0 Å². The summed E-state index contributed by atoms with van der Waals surface area (Å²) >= 11 is 0. The quantitative estimate of drug-likeness (QED) is 0.200. The van der Waals surface area contributed by atoms with Crippen LogP contribution in [0.25, 0.3) is 0 Å². The van der Waals surface area contributed by atoms with E-state index in [1.807, 2.05) is 25.2 Å². The van der Waals surface area contributed by atoms with E-state index in [-0.39, 0.29) is 0 Å². The zero-order valence-electron chi connectivity index (χ0n) is 8.12. The summed E-state index contributed by atoms with van der Waals surface area (Å²) in [6.45, 7) is 6.71. The van der Waals surface area contributed by atoms with Gasteiger partial charge in [0.05, 0.1) is 0 Å². The highest BCUT2D eigenvalue weighted by molar-refractivity contribution is 4.78. The molecule has 70 valence electrons. The highest BCUT2D eigenvalue weighted by Crippen LogP contribution is 2.01. The van der Waals surface area contributed by atoms with Crippen molar-refractivity contribution in [2.75, 3.05) is 6.61 Å². The molecule has 0 aromatic carbocycles. The second-order valence-electron chi connectivity index (χ2n) is 2.66. The van der Waals surface area contributed by atoms with Crippen molar-refractivity contribution in [3.8, 4) is 0 Å². The lowest BCUT2D eigenvalue weighted by atomic mass is 10.1. The smallest absolute Gasteiger partial charge is 0.125 e. The molecule has 0 fully saturated rings. The molecule has 0 amide bonds. The van der Waals surface area contributed by atoms with Crippen molar-refractivity contribution in [1.29, 1.82) is 0 Å². The lowest BCUT2D eigenvalue weighted by Gasteiger charge is -1.99. The van der Waals surface area contributed by atoms with Gasteiger partial charge in [-0.25, -0.2) is 0 Å². The van der Waals surface area contributed by atoms with E-state index in [0.29, 0.717) is 12.5 Å². The minimum atomic E-state index is 0.501. The maximum absolute atomic E-state index is 4.80. The van der Waals surface area contributed by atoms with Crippen LogP contribution >= 0.6 is 0 Å². The molecule has 0 aliphatic rings. The number of hydrogen-bond donors (Lipinski definition) is 0. The predicted octanol–water partition coefficient (Wildman–Crippen LogP) is 3.07. The van der Waals surface area contributed by atoms with Crippen LogP contribution in [0.15, 0.2) is 24.5 Å². The monoisotopic (exact) mass is 170 g/mol. The van der Waals surface area contributed by atoms with Crippen molar-refractivity contribution in [2.24, 2.45) is 5.92 Å². The molecule has 1 atom stereocenters. The molecule has 0 aromatic heterocycles. The zero-order valence-corrected chi connectivity index (χ0v) is 8.12. The van der Waals surface area contributed by atoms with E-state index in [4.69, 9.17) is 9.78 Å². The molecule has 0 N–H and O–H groups in total. The SMILES string of the molecule is C/C=C/COOC=CC(C)CC. The van der Waals surface area contributed by atoms with Gasteiger partial charge >= 0.3 is 0 Å². The van der Waals surface area contributed by atoms with Gasteiger partial charge in [0.15, 0.2) is 0 Å². The highest BCUT2D eigenvalue weighted by atomic mass is 17.2. The molecule has 0 saturated carbocycles. The Morgan fingerprint density at radius 1 is 1.42 bits per heavy atom. The Morgan fingerprint density at radius 2 is 2.17 bits per heavy atom. The van der Waals surface area contributed by atoms with Gasteiger partial charge in [-0.15, -0.1) is 0 Å². The van der Waals surface area contributed by atoms with Gasteiger partial charge in [-0.05, 0) is 25.3 Å². The fraction of sp³-hybridized carbons (Fsp3) is 0.600. The van der Waals surface area contributed by atoms with Crippen LogP contribution in [0.2, 0.25) is 0 Å². The van der Waals surface area contributed by atoms with Crippen molar-refractivity contribution in [3.63, 3.8) is 0 Å². The maximum atomic E-state index is 4.80. The average Bonchev–Trinajstić information content (AvgIpc) is 2.10. The molecule has 0 bridgehead atoms. The summed E-state index contributed by atoms with van der Waals surface area (Å²) in [5.74, 6) is 0.551. The Kier molecular flexibility index (Phi) is 7.81. The van der Waals surface area contributed by atoms with Gasteiger partial charge in [-0.1, -0.05) is 26.0 Å². The van der Waals surface area contributed by atoms with Gasteiger partial charge in [-0.3, -0.25) is 0 Å². The fourth-order valence-corrected chi connectivity index (χ4v) is 0.516. The van der Waals surface area contributed by atoms with E-state index >= 15 is 0 Å². The van der Waals surface area contributed by atoms with Crippen molar-refractivity contribution >= 4 is 0 Å². The van der Waals surface area contributed by atoms with Crippen molar-refractivity contribution < 1.29 is 9.78 Å². The van der Waals surface area contributed by atoms with Crippen LogP contribution in [0.3, 0.4) is 0 Å². The molecule has 0 spiro atoms. The van der Waals surface area contributed by atoms with E-state index in [1.165, 1.54) is 0 Å². The Labute approximate surface area is 74.8 Å².